The standard InChI is InChI=1S/C21H22N4O4/c1-13-5-7-14(8-6-13)24-19-11-16(22-12-23-19)21(26)25-15-9-17(27-2)20(29-4)18(10-15)28-3/h5-12H,1-4H3,(H,25,26)(H,22,23,24). The van der Waals surface area contributed by atoms with E-state index in [2.05, 4.69) is 20.6 Å². The number of nitrogens with one attached hydrogen (secondary N) is 2. The van der Waals surface area contributed by atoms with Crippen molar-refractivity contribution in [3.63, 3.8) is 0 Å². The van der Waals surface area contributed by atoms with Gasteiger partial charge in [-0.25, -0.2) is 9.97 Å². The lowest BCUT2D eigenvalue weighted by atomic mass is 10.2. The molecule has 0 unspecified atom stereocenters. The molecule has 0 atom stereocenters. The van der Waals surface area contributed by atoms with Gasteiger partial charge >= 0.3 is 0 Å². The fourth-order valence-electron chi connectivity index (χ4n) is 2.68. The summed E-state index contributed by atoms with van der Waals surface area (Å²) in [6.07, 6.45) is 1.33. The molecule has 29 heavy (non-hydrogen) atoms. The molecule has 1 amide bonds. The van der Waals surface area contributed by atoms with E-state index in [1.807, 2.05) is 31.2 Å². The van der Waals surface area contributed by atoms with Crippen LogP contribution in [-0.2, 0) is 0 Å². The van der Waals surface area contributed by atoms with Gasteiger partial charge in [-0.3, -0.25) is 4.79 Å². The second-order valence-electron chi connectivity index (χ2n) is 6.15. The minimum absolute atomic E-state index is 0.211. The Kier molecular flexibility index (Phi) is 6.13. The lowest BCUT2D eigenvalue weighted by molar-refractivity contribution is 0.102. The molecule has 150 valence electrons. The molecule has 0 saturated carbocycles. The van der Waals surface area contributed by atoms with Crippen molar-refractivity contribution in [1.82, 2.24) is 9.97 Å². The quantitative estimate of drug-likeness (QED) is 0.629. The number of amides is 1. The zero-order valence-corrected chi connectivity index (χ0v) is 16.6. The van der Waals surface area contributed by atoms with Crippen LogP contribution in [0.25, 0.3) is 0 Å². The number of ether oxygens (including phenoxy) is 3. The fraction of sp³-hybridized carbons (Fsp3) is 0.190. The Morgan fingerprint density at radius 2 is 1.52 bits per heavy atom. The van der Waals surface area contributed by atoms with Gasteiger partial charge in [0.15, 0.2) is 11.5 Å². The van der Waals surface area contributed by atoms with Crippen molar-refractivity contribution in [1.29, 1.82) is 0 Å². The molecule has 0 bridgehead atoms. The van der Waals surface area contributed by atoms with Gasteiger partial charge < -0.3 is 24.8 Å². The average Bonchev–Trinajstić information content (AvgIpc) is 2.74. The fourth-order valence-corrected chi connectivity index (χ4v) is 2.68. The van der Waals surface area contributed by atoms with Gasteiger partial charge in [-0.15, -0.1) is 0 Å². The van der Waals surface area contributed by atoms with Crippen molar-refractivity contribution in [3.05, 3.63) is 60.0 Å². The van der Waals surface area contributed by atoms with Gasteiger partial charge in [0, 0.05) is 29.6 Å². The Morgan fingerprint density at radius 1 is 0.862 bits per heavy atom. The molecule has 2 aromatic carbocycles. The largest absolute Gasteiger partial charge is 0.493 e. The molecule has 0 fully saturated rings. The second kappa shape index (κ2) is 8.92. The molecule has 1 heterocycles. The first-order valence-electron chi connectivity index (χ1n) is 8.81. The highest BCUT2D eigenvalue weighted by atomic mass is 16.5. The number of methoxy groups -OCH3 is 3. The van der Waals surface area contributed by atoms with Crippen molar-refractivity contribution >= 4 is 23.1 Å². The Balaban J connectivity index is 1.80. The number of hydrogen-bond donors (Lipinski definition) is 2. The molecule has 0 spiro atoms. The van der Waals surface area contributed by atoms with Gasteiger partial charge in [-0.05, 0) is 19.1 Å². The van der Waals surface area contributed by atoms with E-state index in [4.69, 9.17) is 14.2 Å². The monoisotopic (exact) mass is 394 g/mol. The van der Waals surface area contributed by atoms with E-state index in [1.165, 1.54) is 27.7 Å². The Bertz CT molecular complexity index is 981. The van der Waals surface area contributed by atoms with E-state index < -0.39 is 5.91 Å². The van der Waals surface area contributed by atoms with Crippen LogP contribution >= 0.6 is 0 Å². The summed E-state index contributed by atoms with van der Waals surface area (Å²) in [6.45, 7) is 2.01. The molecule has 1 aromatic heterocycles. The molecule has 0 aliphatic heterocycles. The molecule has 8 nitrogen and oxygen atoms in total. The van der Waals surface area contributed by atoms with Gasteiger partial charge in [0.1, 0.15) is 17.8 Å². The van der Waals surface area contributed by atoms with E-state index in [0.29, 0.717) is 28.8 Å². The van der Waals surface area contributed by atoms with E-state index in [-0.39, 0.29) is 5.69 Å². The van der Waals surface area contributed by atoms with Crippen molar-refractivity contribution in [2.75, 3.05) is 32.0 Å². The van der Waals surface area contributed by atoms with Crippen molar-refractivity contribution < 1.29 is 19.0 Å². The maximum Gasteiger partial charge on any atom is 0.274 e. The second-order valence-corrected chi connectivity index (χ2v) is 6.15. The van der Waals surface area contributed by atoms with Gasteiger partial charge in [0.05, 0.1) is 21.3 Å². The molecular weight excluding hydrogens is 372 g/mol. The van der Waals surface area contributed by atoms with E-state index in [9.17, 15) is 4.79 Å². The van der Waals surface area contributed by atoms with Crippen LogP contribution in [0.2, 0.25) is 0 Å². The minimum atomic E-state index is -0.395. The van der Waals surface area contributed by atoms with Crippen LogP contribution in [0.3, 0.4) is 0 Å². The van der Waals surface area contributed by atoms with Crippen LogP contribution in [0, 0.1) is 6.92 Å². The number of anilines is 3. The Hall–Kier alpha value is -3.81. The van der Waals surface area contributed by atoms with Crippen LogP contribution < -0.4 is 24.8 Å². The number of carbonyl (C=O) groups excluding carboxylic acids is 1. The SMILES string of the molecule is COc1cc(NC(=O)c2cc(Nc3ccc(C)cc3)ncn2)cc(OC)c1OC. The smallest absolute Gasteiger partial charge is 0.274 e. The van der Waals surface area contributed by atoms with Crippen LogP contribution in [0.4, 0.5) is 17.2 Å². The minimum Gasteiger partial charge on any atom is -0.493 e. The molecule has 0 aliphatic rings. The Morgan fingerprint density at radius 3 is 2.10 bits per heavy atom. The summed E-state index contributed by atoms with van der Waals surface area (Å²) >= 11 is 0. The summed E-state index contributed by atoms with van der Waals surface area (Å²) in [5, 5.41) is 5.94. The number of aromatic nitrogens is 2. The molecular formula is C21H22N4O4. The molecule has 0 saturated heterocycles. The predicted octanol–water partition coefficient (Wildman–Crippen LogP) is 3.81. The first kappa shape index (κ1) is 19.9. The summed E-state index contributed by atoms with van der Waals surface area (Å²) in [5.41, 5.74) is 2.72. The summed E-state index contributed by atoms with van der Waals surface area (Å²) in [4.78, 5) is 20.9. The molecule has 3 aromatic rings. The lowest BCUT2D eigenvalue weighted by Crippen LogP contribution is -2.14. The highest BCUT2D eigenvalue weighted by molar-refractivity contribution is 6.03. The number of hydrogen-bond acceptors (Lipinski definition) is 7. The number of carbonyl (C=O) groups is 1. The van der Waals surface area contributed by atoms with Gasteiger partial charge in [0.2, 0.25) is 5.75 Å². The zero-order chi connectivity index (χ0) is 20.8. The van der Waals surface area contributed by atoms with Crippen LogP contribution in [0.1, 0.15) is 16.1 Å². The molecule has 2 N–H and O–H groups in total. The maximum atomic E-state index is 12.7. The predicted molar refractivity (Wildman–Crippen MR) is 111 cm³/mol. The summed E-state index contributed by atoms with van der Waals surface area (Å²) in [7, 11) is 4.54. The van der Waals surface area contributed by atoms with Gasteiger partial charge in [0.25, 0.3) is 5.91 Å². The summed E-state index contributed by atoms with van der Waals surface area (Å²) < 4.78 is 15.9. The zero-order valence-electron chi connectivity index (χ0n) is 16.6. The molecule has 0 aliphatic carbocycles. The highest BCUT2D eigenvalue weighted by Gasteiger charge is 2.16. The maximum absolute atomic E-state index is 12.7. The van der Waals surface area contributed by atoms with Crippen molar-refractivity contribution in [2.24, 2.45) is 0 Å². The molecule has 8 heteroatoms. The highest BCUT2D eigenvalue weighted by Crippen LogP contribution is 2.40. The Labute approximate surface area is 168 Å². The van der Waals surface area contributed by atoms with E-state index >= 15 is 0 Å². The first-order chi connectivity index (χ1) is 14.0. The van der Waals surface area contributed by atoms with Crippen molar-refractivity contribution in [3.8, 4) is 17.2 Å². The number of benzene rings is 2. The number of rotatable bonds is 7. The third kappa shape index (κ3) is 4.73. The van der Waals surface area contributed by atoms with Crippen LogP contribution in [-0.4, -0.2) is 37.2 Å². The number of aryl methyl sites for hydroxylation is 1. The summed E-state index contributed by atoms with van der Waals surface area (Å²) in [6, 6.07) is 12.7. The third-order valence-corrected chi connectivity index (χ3v) is 4.15. The summed E-state index contributed by atoms with van der Waals surface area (Å²) in [5.74, 6) is 1.44. The van der Waals surface area contributed by atoms with Crippen LogP contribution in [0.5, 0.6) is 17.2 Å². The average molecular weight is 394 g/mol. The molecule has 3 rings (SSSR count). The van der Waals surface area contributed by atoms with Crippen molar-refractivity contribution in [2.45, 2.75) is 6.92 Å². The van der Waals surface area contributed by atoms with Gasteiger partial charge in [-0.2, -0.15) is 0 Å². The molecule has 0 radical (unpaired) electrons. The number of nitrogens with zero attached hydrogens (tertiary/aromatic N) is 2. The normalized spacial score (nSPS) is 10.2. The van der Waals surface area contributed by atoms with E-state index in [0.717, 1.165) is 11.3 Å². The third-order valence-electron chi connectivity index (χ3n) is 4.15. The van der Waals surface area contributed by atoms with Crippen LogP contribution in [0.15, 0.2) is 48.8 Å². The lowest BCUT2D eigenvalue weighted by Gasteiger charge is -2.14. The van der Waals surface area contributed by atoms with E-state index in [1.54, 1.807) is 18.2 Å². The van der Waals surface area contributed by atoms with Gasteiger partial charge in [-0.1, -0.05) is 17.7 Å². The topological polar surface area (TPSA) is 94.6 Å². The first-order valence-corrected chi connectivity index (χ1v) is 8.81.